The predicted molar refractivity (Wildman–Crippen MR) is 87.8 cm³/mol. The fraction of sp³-hybridized carbons (Fsp3) is 0.353. The fourth-order valence-electron chi connectivity index (χ4n) is 2.91. The second-order valence-electron chi connectivity index (χ2n) is 6.86. The van der Waals surface area contributed by atoms with Crippen LogP contribution in [0.1, 0.15) is 39.0 Å². The van der Waals surface area contributed by atoms with E-state index in [9.17, 15) is 4.79 Å². The number of hydrogen-bond donors (Lipinski definition) is 2. The quantitative estimate of drug-likeness (QED) is 0.758. The minimum atomic E-state index is -0.221. The van der Waals surface area contributed by atoms with Crippen LogP contribution in [0.15, 0.2) is 33.6 Å². The summed E-state index contributed by atoms with van der Waals surface area (Å²) in [7, 11) is 0. The van der Waals surface area contributed by atoms with Gasteiger partial charge in [0, 0.05) is 11.1 Å². The van der Waals surface area contributed by atoms with Gasteiger partial charge in [-0.3, -0.25) is 0 Å². The van der Waals surface area contributed by atoms with Crippen LogP contribution in [0.25, 0.3) is 28.0 Å². The van der Waals surface area contributed by atoms with Crippen LogP contribution in [0, 0.1) is 5.41 Å². The molecule has 0 saturated heterocycles. The number of imidazole rings is 1. The first-order chi connectivity index (χ1) is 11.0. The first-order valence-corrected chi connectivity index (χ1v) is 7.76. The average molecular weight is 310 g/mol. The molecule has 6 heteroatoms. The van der Waals surface area contributed by atoms with Gasteiger partial charge in [-0.1, -0.05) is 25.1 Å². The Labute approximate surface area is 132 Å². The molecule has 1 aliphatic rings. The highest BCUT2D eigenvalue weighted by atomic mass is 16.5. The molecule has 0 saturated carbocycles. The van der Waals surface area contributed by atoms with Crippen LogP contribution < -0.4 is 5.69 Å². The molecule has 118 valence electrons. The molecule has 0 aliphatic heterocycles. The van der Waals surface area contributed by atoms with Crippen molar-refractivity contribution in [3.63, 3.8) is 0 Å². The summed E-state index contributed by atoms with van der Waals surface area (Å²) in [6, 6.07) is 5.56. The summed E-state index contributed by atoms with van der Waals surface area (Å²) in [4.78, 5) is 21.3. The number of benzene rings is 1. The molecule has 0 spiro atoms. The van der Waals surface area contributed by atoms with Gasteiger partial charge >= 0.3 is 5.69 Å². The van der Waals surface area contributed by atoms with Crippen molar-refractivity contribution in [1.82, 2.24) is 20.1 Å². The lowest BCUT2D eigenvalue weighted by Crippen LogP contribution is -2.14. The van der Waals surface area contributed by atoms with E-state index in [0.29, 0.717) is 17.1 Å². The van der Waals surface area contributed by atoms with Crippen LogP contribution in [0.2, 0.25) is 0 Å². The molecule has 0 bridgehead atoms. The van der Waals surface area contributed by atoms with Gasteiger partial charge in [0.25, 0.3) is 5.89 Å². The summed E-state index contributed by atoms with van der Waals surface area (Å²) in [6.45, 7) is 4.54. The van der Waals surface area contributed by atoms with Crippen molar-refractivity contribution in [3.8, 4) is 11.4 Å². The topological polar surface area (TPSA) is 87.6 Å². The molecule has 1 aliphatic carbocycles. The molecule has 0 radical (unpaired) electrons. The molecule has 23 heavy (non-hydrogen) atoms. The number of hydrogen-bond acceptors (Lipinski definition) is 4. The summed E-state index contributed by atoms with van der Waals surface area (Å²) >= 11 is 0. The summed E-state index contributed by atoms with van der Waals surface area (Å²) in [5.41, 5.74) is 3.56. The highest BCUT2D eigenvalue weighted by molar-refractivity contribution is 5.80. The third kappa shape index (κ3) is 2.60. The molecule has 1 aromatic carbocycles. The van der Waals surface area contributed by atoms with E-state index < -0.39 is 0 Å². The minimum Gasteiger partial charge on any atom is -0.334 e. The van der Waals surface area contributed by atoms with E-state index >= 15 is 0 Å². The Hall–Kier alpha value is -2.63. The highest BCUT2D eigenvalue weighted by Gasteiger charge is 2.24. The van der Waals surface area contributed by atoms with Crippen LogP contribution in [0.4, 0.5) is 0 Å². The molecule has 3 aromatic rings. The first-order valence-electron chi connectivity index (χ1n) is 7.76. The van der Waals surface area contributed by atoms with E-state index in [1.165, 1.54) is 0 Å². The minimum absolute atomic E-state index is 0.221. The normalized spacial score (nSPS) is 17.4. The molecule has 0 fully saturated rings. The molecular formula is C17H18N4O2. The lowest BCUT2D eigenvalue weighted by atomic mass is 9.78. The van der Waals surface area contributed by atoms with Gasteiger partial charge in [-0.05, 0) is 42.9 Å². The van der Waals surface area contributed by atoms with Crippen molar-refractivity contribution >= 4 is 16.6 Å². The zero-order chi connectivity index (χ0) is 16.0. The second kappa shape index (κ2) is 4.94. The number of nitrogens with zero attached hydrogens (tertiary/aromatic N) is 2. The van der Waals surface area contributed by atoms with Gasteiger partial charge in [0.1, 0.15) is 0 Å². The van der Waals surface area contributed by atoms with Crippen molar-refractivity contribution < 1.29 is 4.52 Å². The maximum atomic E-state index is 11.3. The van der Waals surface area contributed by atoms with Crippen molar-refractivity contribution in [2.24, 2.45) is 5.41 Å². The van der Waals surface area contributed by atoms with Gasteiger partial charge < -0.3 is 14.5 Å². The van der Waals surface area contributed by atoms with E-state index in [2.05, 4.69) is 40.0 Å². The first kappa shape index (κ1) is 14.0. The summed E-state index contributed by atoms with van der Waals surface area (Å²) in [5.74, 6) is 1.13. The zero-order valence-corrected chi connectivity index (χ0v) is 13.1. The van der Waals surface area contributed by atoms with Gasteiger partial charge in [0.2, 0.25) is 5.82 Å². The summed E-state index contributed by atoms with van der Waals surface area (Å²) in [5, 5.41) is 4.08. The second-order valence-corrected chi connectivity index (χ2v) is 6.86. The molecule has 2 N–H and O–H groups in total. The van der Waals surface area contributed by atoms with Crippen molar-refractivity contribution in [3.05, 3.63) is 40.7 Å². The molecule has 0 unspecified atom stereocenters. The van der Waals surface area contributed by atoms with E-state index in [0.717, 1.165) is 41.4 Å². The van der Waals surface area contributed by atoms with Crippen LogP contribution in [-0.2, 0) is 0 Å². The third-order valence-electron chi connectivity index (χ3n) is 4.45. The molecule has 6 nitrogen and oxygen atoms in total. The van der Waals surface area contributed by atoms with Gasteiger partial charge in [-0.2, -0.15) is 4.98 Å². The molecule has 0 atom stereocenters. The van der Waals surface area contributed by atoms with E-state index in [1.807, 2.05) is 18.2 Å². The van der Waals surface area contributed by atoms with Gasteiger partial charge in [-0.15, -0.1) is 0 Å². The third-order valence-corrected chi connectivity index (χ3v) is 4.45. The number of fused-ring (bicyclic) bond motifs is 1. The van der Waals surface area contributed by atoms with E-state index in [4.69, 9.17) is 4.52 Å². The molecule has 0 amide bonds. The van der Waals surface area contributed by atoms with E-state index in [1.54, 1.807) is 0 Å². The van der Waals surface area contributed by atoms with Crippen LogP contribution in [0.3, 0.4) is 0 Å². The maximum Gasteiger partial charge on any atom is 0.323 e. The standard InChI is InChI=1S/C17H18N4O2/c1-17(2)7-5-10(6-8-17)15-20-14(21-23-15)11-3-4-12-13(9-11)19-16(22)18-12/h3-5,9H,6-8H2,1-2H3,(H2,18,19,22). The number of H-pyrrole nitrogens is 2. The molecule has 2 heterocycles. The van der Waals surface area contributed by atoms with Gasteiger partial charge in [0.15, 0.2) is 0 Å². The predicted octanol–water partition coefficient (Wildman–Crippen LogP) is 3.50. The number of aromatic amines is 2. The average Bonchev–Trinajstić information content (AvgIpc) is 3.11. The molecule has 4 rings (SSSR count). The number of allylic oxidation sites excluding steroid dienone is 2. The van der Waals surface area contributed by atoms with Crippen molar-refractivity contribution in [1.29, 1.82) is 0 Å². The largest absolute Gasteiger partial charge is 0.334 e. The summed E-state index contributed by atoms with van der Waals surface area (Å²) in [6.07, 6.45) is 5.30. The Bertz CT molecular complexity index is 958. The Morgan fingerprint density at radius 3 is 2.83 bits per heavy atom. The fourth-order valence-corrected chi connectivity index (χ4v) is 2.91. The van der Waals surface area contributed by atoms with Crippen molar-refractivity contribution in [2.75, 3.05) is 0 Å². The highest BCUT2D eigenvalue weighted by Crippen LogP contribution is 2.37. The van der Waals surface area contributed by atoms with Crippen LogP contribution >= 0.6 is 0 Å². The lowest BCUT2D eigenvalue weighted by molar-refractivity contribution is 0.329. The smallest absolute Gasteiger partial charge is 0.323 e. The summed E-state index contributed by atoms with van der Waals surface area (Å²) < 4.78 is 5.43. The Morgan fingerprint density at radius 2 is 2.04 bits per heavy atom. The Kier molecular flexibility index (Phi) is 3.01. The maximum absolute atomic E-state index is 11.3. The number of rotatable bonds is 2. The van der Waals surface area contributed by atoms with E-state index in [-0.39, 0.29) is 5.69 Å². The molecular weight excluding hydrogens is 292 g/mol. The van der Waals surface area contributed by atoms with Crippen molar-refractivity contribution in [2.45, 2.75) is 33.1 Å². The SMILES string of the molecule is CC1(C)CC=C(c2nc(-c3ccc4[nH]c(=O)[nH]c4c3)no2)CC1. The molecule has 2 aromatic heterocycles. The van der Waals surface area contributed by atoms with Gasteiger partial charge in [0.05, 0.1) is 11.0 Å². The Balaban J connectivity index is 1.66. The monoisotopic (exact) mass is 310 g/mol. The van der Waals surface area contributed by atoms with Crippen LogP contribution in [-0.4, -0.2) is 20.1 Å². The number of aromatic nitrogens is 4. The van der Waals surface area contributed by atoms with Crippen LogP contribution in [0.5, 0.6) is 0 Å². The Morgan fingerprint density at radius 1 is 1.22 bits per heavy atom. The number of nitrogens with one attached hydrogen (secondary N) is 2. The zero-order valence-electron chi connectivity index (χ0n) is 13.1. The van der Waals surface area contributed by atoms with Gasteiger partial charge in [-0.25, -0.2) is 4.79 Å². The lowest BCUT2D eigenvalue weighted by Gasteiger charge is -2.27.